The van der Waals surface area contributed by atoms with E-state index in [1.807, 2.05) is 11.8 Å². The van der Waals surface area contributed by atoms with Gasteiger partial charge in [0.2, 0.25) is 12.7 Å². The summed E-state index contributed by atoms with van der Waals surface area (Å²) in [6, 6.07) is 5.19. The van der Waals surface area contributed by atoms with Crippen molar-refractivity contribution in [2.45, 2.75) is 13.3 Å². The van der Waals surface area contributed by atoms with Crippen LogP contribution in [0.3, 0.4) is 0 Å². The molecule has 0 radical (unpaired) electrons. The minimum atomic E-state index is -0.118. The number of fused-ring (bicyclic) bond motifs is 1. The fourth-order valence-electron chi connectivity index (χ4n) is 2.91. The second kappa shape index (κ2) is 7.53. The van der Waals surface area contributed by atoms with Gasteiger partial charge in [0.1, 0.15) is 0 Å². The number of nitrogens with zero attached hydrogens (tertiary/aromatic N) is 2. The summed E-state index contributed by atoms with van der Waals surface area (Å²) in [6.45, 7) is 6.69. The van der Waals surface area contributed by atoms with Crippen LogP contribution in [0.2, 0.25) is 0 Å². The molecule has 0 unspecified atom stereocenters. The van der Waals surface area contributed by atoms with Crippen molar-refractivity contribution in [3.63, 3.8) is 0 Å². The molecule has 1 aromatic carbocycles. The maximum atomic E-state index is 12.2. The highest BCUT2D eigenvalue weighted by molar-refractivity contribution is 5.94. The summed E-state index contributed by atoms with van der Waals surface area (Å²) in [5.74, 6) is 1.38. The zero-order valence-electron chi connectivity index (χ0n) is 13.9. The Bertz CT molecular complexity index is 612. The van der Waals surface area contributed by atoms with Crippen LogP contribution in [0.15, 0.2) is 18.2 Å². The first-order valence-electron chi connectivity index (χ1n) is 8.35. The molecule has 7 nitrogen and oxygen atoms in total. The summed E-state index contributed by atoms with van der Waals surface area (Å²) in [7, 11) is 0. The zero-order chi connectivity index (χ0) is 16.9. The molecule has 2 aliphatic rings. The molecule has 0 atom stereocenters. The molecule has 0 saturated carbocycles. The van der Waals surface area contributed by atoms with E-state index in [0.29, 0.717) is 30.0 Å². The van der Waals surface area contributed by atoms with Gasteiger partial charge in [-0.15, -0.1) is 0 Å². The molecular formula is C17H23N3O4. The number of nitrogens with one attached hydrogen (secondary N) is 1. The summed E-state index contributed by atoms with van der Waals surface area (Å²) < 4.78 is 10.5. The van der Waals surface area contributed by atoms with Gasteiger partial charge in [-0.2, -0.15) is 0 Å². The molecule has 1 N–H and O–H groups in total. The summed E-state index contributed by atoms with van der Waals surface area (Å²) in [5, 5.41) is 2.93. The van der Waals surface area contributed by atoms with Gasteiger partial charge in [0, 0.05) is 51.3 Å². The molecule has 1 fully saturated rings. The van der Waals surface area contributed by atoms with Crippen LogP contribution < -0.4 is 14.8 Å². The Kier molecular flexibility index (Phi) is 5.20. The Morgan fingerprint density at radius 2 is 1.88 bits per heavy atom. The van der Waals surface area contributed by atoms with Crippen LogP contribution in [-0.2, 0) is 4.79 Å². The van der Waals surface area contributed by atoms with Crippen molar-refractivity contribution < 1.29 is 19.1 Å². The van der Waals surface area contributed by atoms with Crippen LogP contribution in [0.5, 0.6) is 11.5 Å². The molecule has 1 saturated heterocycles. The van der Waals surface area contributed by atoms with Crippen molar-refractivity contribution in [3.05, 3.63) is 23.8 Å². The lowest BCUT2D eigenvalue weighted by molar-refractivity contribution is -0.132. The predicted octanol–water partition coefficient (Wildman–Crippen LogP) is 0.699. The number of rotatable bonds is 5. The van der Waals surface area contributed by atoms with E-state index in [4.69, 9.17) is 9.47 Å². The Labute approximate surface area is 141 Å². The predicted molar refractivity (Wildman–Crippen MR) is 88.2 cm³/mol. The third kappa shape index (κ3) is 3.79. The van der Waals surface area contributed by atoms with Crippen LogP contribution >= 0.6 is 0 Å². The molecule has 1 aromatic rings. The SMILES string of the molecule is CCC(=O)N1CCN(CCNC(=O)c2ccc3c(c2)OCO3)CC1. The van der Waals surface area contributed by atoms with Gasteiger partial charge in [-0.25, -0.2) is 0 Å². The van der Waals surface area contributed by atoms with Gasteiger partial charge in [-0.05, 0) is 18.2 Å². The standard InChI is InChI=1S/C17H23N3O4/c1-2-16(21)20-9-7-19(8-10-20)6-5-18-17(22)13-3-4-14-15(11-13)24-12-23-14/h3-4,11H,2,5-10,12H2,1H3,(H,18,22). The van der Waals surface area contributed by atoms with E-state index in [0.717, 1.165) is 32.7 Å². The molecule has 0 aliphatic carbocycles. The lowest BCUT2D eigenvalue weighted by atomic mass is 10.2. The fourth-order valence-corrected chi connectivity index (χ4v) is 2.91. The number of benzene rings is 1. The van der Waals surface area contributed by atoms with Crippen molar-refractivity contribution >= 4 is 11.8 Å². The summed E-state index contributed by atoms with van der Waals surface area (Å²) in [4.78, 5) is 28.0. The van der Waals surface area contributed by atoms with E-state index < -0.39 is 0 Å². The molecule has 3 rings (SSSR count). The minimum absolute atomic E-state index is 0.118. The maximum Gasteiger partial charge on any atom is 0.251 e. The second-order valence-electron chi connectivity index (χ2n) is 5.90. The van der Waals surface area contributed by atoms with Gasteiger partial charge in [-0.1, -0.05) is 6.92 Å². The number of carbonyl (C=O) groups excluding carboxylic acids is 2. The lowest BCUT2D eigenvalue weighted by Gasteiger charge is -2.34. The Morgan fingerprint density at radius 1 is 1.12 bits per heavy atom. The Hall–Kier alpha value is -2.28. The van der Waals surface area contributed by atoms with Gasteiger partial charge in [-0.3, -0.25) is 14.5 Å². The monoisotopic (exact) mass is 333 g/mol. The van der Waals surface area contributed by atoms with Crippen molar-refractivity contribution in [1.82, 2.24) is 15.1 Å². The first-order chi connectivity index (χ1) is 11.7. The molecule has 7 heteroatoms. The van der Waals surface area contributed by atoms with E-state index in [2.05, 4.69) is 10.2 Å². The Balaban J connectivity index is 1.41. The highest BCUT2D eigenvalue weighted by atomic mass is 16.7. The maximum absolute atomic E-state index is 12.2. The number of hydrogen-bond donors (Lipinski definition) is 1. The first kappa shape index (κ1) is 16.6. The van der Waals surface area contributed by atoms with Gasteiger partial charge < -0.3 is 19.7 Å². The van der Waals surface area contributed by atoms with Crippen molar-refractivity contribution in [2.24, 2.45) is 0 Å². The van der Waals surface area contributed by atoms with E-state index in [9.17, 15) is 9.59 Å². The Morgan fingerprint density at radius 3 is 2.62 bits per heavy atom. The average molecular weight is 333 g/mol. The molecule has 0 bridgehead atoms. The number of ether oxygens (including phenoxy) is 2. The van der Waals surface area contributed by atoms with Crippen molar-refractivity contribution in [3.8, 4) is 11.5 Å². The molecule has 2 heterocycles. The van der Waals surface area contributed by atoms with Gasteiger partial charge in [0.05, 0.1) is 0 Å². The number of piperazine rings is 1. The van der Waals surface area contributed by atoms with Crippen LogP contribution in [0.4, 0.5) is 0 Å². The second-order valence-corrected chi connectivity index (χ2v) is 5.90. The smallest absolute Gasteiger partial charge is 0.251 e. The molecule has 2 amide bonds. The lowest BCUT2D eigenvalue weighted by Crippen LogP contribution is -2.50. The van der Waals surface area contributed by atoms with E-state index in [1.54, 1.807) is 18.2 Å². The highest BCUT2D eigenvalue weighted by Gasteiger charge is 2.20. The van der Waals surface area contributed by atoms with Crippen LogP contribution in [0.25, 0.3) is 0 Å². The highest BCUT2D eigenvalue weighted by Crippen LogP contribution is 2.32. The van der Waals surface area contributed by atoms with Crippen LogP contribution in [0, 0.1) is 0 Å². The number of carbonyl (C=O) groups is 2. The van der Waals surface area contributed by atoms with Gasteiger partial charge >= 0.3 is 0 Å². The third-order valence-corrected chi connectivity index (χ3v) is 4.38. The first-order valence-corrected chi connectivity index (χ1v) is 8.35. The zero-order valence-corrected chi connectivity index (χ0v) is 13.9. The van der Waals surface area contributed by atoms with Crippen LogP contribution in [-0.4, -0.2) is 67.7 Å². The largest absolute Gasteiger partial charge is 0.454 e. The molecule has 0 spiro atoms. The summed E-state index contributed by atoms with van der Waals surface area (Å²) in [5.41, 5.74) is 0.567. The van der Waals surface area contributed by atoms with Crippen molar-refractivity contribution in [2.75, 3.05) is 46.1 Å². The average Bonchev–Trinajstić information content (AvgIpc) is 3.09. The molecule has 0 aromatic heterocycles. The van der Waals surface area contributed by atoms with Gasteiger partial charge in [0.15, 0.2) is 11.5 Å². The summed E-state index contributed by atoms with van der Waals surface area (Å²) >= 11 is 0. The molecular weight excluding hydrogens is 310 g/mol. The van der Waals surface area contributed by atoms with E-state index in [-0.39, 0.29) is 18.6 Å². The normalized spacial score (nSPS) is 17.0. The number of hydrogen-bond acceptors (Lipinski definition) is 5. The topological polar surface area (TPSA) is 71.1 Å². The summed E-state index contributed by atoms with van der Waals surface area (Å²) in [6.07, 6.45) is 0.561. The third-order valence-electron chi connectivity index (χ3n) is 4.38. The van der Waals surface area contributed by atoms with Gasteiger partial charge in [0.25, 0.3) is 5.91 Å². The van der Waals surface area contributed by atoms with Crippen LogP contribution in [0.1, 0.15) is 23.7 Å². The minimum Gasteiger partial charge on any atom is -0.454 e. The van der Waals surface area contributed by atoms with E-state index in [1.165, 1.54) is 0 Å². The van der Waals surface area contributed by atoms with Crippen molar-refractivity contribution in [1.29, 1.82) is 0 Å². The fraction of sp³-hybridized carbons (Fsp3) is 0.529. The molecule has 24 heavy (non-hydrogen) atoms. The number of amides is 2. The quantitative estimate of drug-likeness (QED) is 0.859. The molecule has 2 aliphatic heterocycles. The molecule has 130 valence electrons. The van der Waals surface area contributed by atoms with E-state index >= 15 is 0 Å².